The number of fused-ring (bicyclic) bond motifs is 1. The Labute approximate surface area is 113 Å². The number of hydrogen-bond donors (Lipinski definition) is 2. The highest BCUT2D eigenvalue weighted by Crippen LogP contribution is 2.36. The molecule has 0 unspecified atom stereocenters. The molecule has 2 aliphatic rings. The summed E-state index contributed by atoms with van der Waals surface area (Å²) in [4.78, 5) is 12.1. The van der Waals surface area contributed by atoms with Crippen LogP contribution in [0.4, 0.5) is 5.69 Å². The molecule has 1 aromatic rings. The van der Waals surface area contributed by atoms with Crippen LogP contribution in [0.25, 0.3) is 0 Å². The van der Waals surface area contributed by atoms with Crippen molar-refractivity contribution in [3.8, 4) is 0 Å². The summed E-state index contributed by atoms with van der Waals surface area (Å²) in [5.74, 6) is -0.148. The maximum atomic E-state index is 12.1. The number of ether oxygens (including phenoxy) is 1. The minimum absolute atomic E-state index is 0.148. The highest BCUT2D eigenvalue weighted by molar-refractivity contribution is 9.10. The number of nitrogens with zero attached hydrogens (tertiary/aromatic N) is 1. The summed E-state index contributed by atoms with van der Waals surface area (Å²) < 4.78 is 6.12. The largest absolute Gasteiger partial charge is 0.381 e. The van der Waals surface area contributed by atoms with Gasteiger partial charge in [0, 0.05) is 17.3 Å². The van der Waals surface area contributed by atoms with Gasteiger partial charge >= 0.3 is 0 Å². The number of benzene rings is 1. The summed E-state index contributed by atoms with van der Waals surface area (Å²) in [5, 5.41) is 14.5. The lowest BCUT2D eigenvalue weighted by atomic mass is 9.94. The second kappa shape index (κ2) is 4.22. The molecule has 0 saturated carbocycles. The molecule has 0 aliphatic carbocycles. The number of nitrogens with one attached hydrogen (secondary N) is 1. The molecule has 18 heavy (non-hydrogen) atoms. The van der Waals surface area contributed by atoms with Crippen LogP contribution in [0.1, 0.15) is 23.2 Å². The van der Waals surface area contributed by atoms with Crippen molar-refractivity contribution < 1.29 is 14.7 Å². The molecule has 96 valence electrons. The van der Waals surface area contributed by atoms with Crippen molar-refractivity contribution in [2.75, 3.05) is 18.3 Å². The molecule has 3 rings (SSSR count). The topological polar surface area (TPSA) is 61.8 Å². The summed E-state index contributed by atoms with van der Waals surface area (Å²) in [7, 11) is 0. The van der Waals surface area contributed by atoms with Crippen molar-refractivity contribution in [3.05, 3.63) is 28.2 Å². The normalized spacial score (nSPS) is 21.7. The fourth-order valence-electron chi connectivity index (χ4n) is 2.48. The fraction of sp³-hybridized carbons (Fsp3) is 0.417. The molecule has 0 aromatic heterocycles. The third-order valence-corrected chi connectivity index (χ3v) is 4.00. The van der Waals surface area contributed by atoms with Crippen molar-refractivity contribution >= 4 is 27.5 Å². The van der Waals surface area contributed by atoms with Crippen LogP contribution in [-0.4, -0.2) is 30.0 Å². The zero-order chi connectivity index (χ0) is 12.8. The Balaban J connectivity index is 2.07. The van der Waals surface area contributed by atoms with E-state index >= 15 is 0 Å². The minimum atomic E-state index is -0.733. The van der Waals surface area contributed by atoms with Crippen LogP contribution in [0.2, 0.25) is 0 Å². The van der Waals surface area contributed by atoms with Gasteiger partial charge in [-0.15, -0.1) is 0 Å². The lowest BCUT2D eigenvalue weighted by Gasteiger charge is -2.47. The summed E-state index contributed by atoms with van der Waals surface area (Å²) in [5.41, 5.74) is 0.288. The van der Waals surface area contributed by atoms with E-state index in [2.05, 4.69) is 21.2 Å². The predicted molar refractivity (Wildman–Crippen MR) is 68.7 cm³/mol. The number of carbonyl (C=O) groups excluding carboxylic acids is 1. The van der Waals surface area contributed by atoms with Crippen LogP contribution in [0.15, 0.2) is 22.7 Å². The Morgan fingerprint density at radius 3 is 2.83 bits per heavy atom. The summed E-state index contributed by atoms with van der Waals surface area (Å²) in [6, 6.07) is 5.24. The van der Waals surface area contributed by atoms with Crippen molar-refractivity contribution in [3.63, 3.8) is 0 Å². The number of carbonyl (C=O) groups is 1. The van der Waals surface area contributed by atoms with Crippen molar-refractivity contribution in [2.45, 2.75) is 18.5 Å². The standard InChI is InChI=1S/C12H13BrN2O3/c13-8-1-2-9-10(7-8)15(17)12(14-11(9)16)3-5-18-6-4-12/h1-2,7,17H,3-6H2,(H,14,16). The van der Waals surface area contributed by atoms with Crippen LogP contribution in [0.5, 0.6) is 0 Å². The van der Waals surface area contributed by atoms with Crippen LogP contribution in [0, 0.1) is 0 Å². The van der Waals surface area contributed by atoms with Gasteiger partial charge in [0.25, 0.3) is 5.91 Å². The van der Waals surface area contributed by atoms with Gasteiger partial charge in [0.2, 0.25) is 0 Å². The van der Waals surface area contributed by atoms with Crippen LogP contribution < -0.4 is 10.4 Å². The first-order valence-corrected chi connectivity index (χ1v) is 6.61. The van der Waals surface area contributed by atoms with E-state index in [-0.39, 0.29) is 5.91 Å². The highest BCUT2D eigenvalue weighted by Gasteiger charge is 2.44. The van der Waals surface area contributed by atoms with Gasteiger partial charge in [0.05, 0.1) is 24.5 Å². The maximum absolute atomic E-state index is 12.1. The zero-order valence-corrected chi connectivity index (χ0v) is 11.2. The number of hydrogen-bond acceptors (Lipinski definition) is 4. The molecule has 6 heteroatoms. The number of rotatable bonds is 0. The number of halogens is 1. The lowest BCUT2D eigenvalue weighted by molar-refractivity contribution is -0.00386. The quantitative estimate of drug-likeness (QED) is 0.768. The van der Waals surface area contributed by atoms with Gasteiger partial charge < -0.3 is 10.1 Å². The maximum Gasteiger partial charge on any atom is 0.255 e. The van der Waals surface area contributed by atoms with E-state index in [1.807, 2.05) is 0 Å². The third-order valence-electron chi connectivity index (χ3n) is 3.50. The van der Waals surface area contributed by atoms with Gasteiger partial charge in [-0.25, -0.2) is 5.06 Å². The van der Waals surface area contributed by atoms with Crippen molar-refractivity contribution in [1.29, 1.82) is 0 Å². The van der Waals surface area contributed by atoms with Gasteiger partial charge in [0.1, 0.15) is 5.66 Å². The van der Waals surface area contributed by atoms with E-state index in [9.17, 15) is 10.0 Å². The fourth-order valence-corrected chi connectivity index (χ4v) is 2.83. The summed E-state index contributed by atoms with van der Waals surface area (Å²) in [6.07, 6.45) is 1.14. The van der Waals surface area contributed by atoms with E-state index < -0.39 is 5.66 Å². The SMILES string of the molecule is O=C1NC2(CCOCC2)N(O)c2cc(Br)ccc21. The molecule has 5 nitrogen and oxygen atoms in total. The van der Waals surface area contributed by atoms with Gasteiger partial charge in [-0.2, -0.15) is 0 Å². The molecule has 1 spiro atoms. The lowest BCUT2D eigenvalue weighted by Crippen LogP contribution is -2.65. The molecular weight excluding hydrogens is 300 g/mol. The molecule has 2 heterocycles. The molecule has 1 fully saturated rings. The first kappa shape index (κ1) is 12.0. The number of amides is 1. The molecule has 1 saturated heterocycles. The molecule has 0 bridgehead atoms. The summed E-state index contributed by atoms with van der Waals surface area (Å²) >= 11 is 3.36. The molecular formula is C12H13BrN2O3. The molecule has 1 aromatic carbocycles. The summed E-state index contributed by atoms with van der Waals surface area (Å²) in [6.45, 7) is 1.06. The highest BCUT2D eigenvalue weighted by atomic mass is 79.9. The number of anilines is 1. The molecule has 2 aliphatic heterocycles. The van der Waals surface area contributed by atoms with E-state index in [4.69, 9.17) is 4.74 Å². The second-order valence-electron chi connectivity index (χ2n) is 4.57. The minimum Gasteiger partial charge on any atom is -0.381 e. The third kappa shape index (κ3) is 1.72. The zero-order valence-electron chi connectivity index (χ0n) is 9.65. The van der Waals surface area contributed by atoms with Crippen LogP contribution in [-0.2, 0) is 4.74 Å². The smallest absolute Gasteiger partial charge is 0.255 e. The van der Waals surface area contributed by atoms with Crippen molar-refractivity contribution in [1.82, 2.24) is 5.32 Å². The van der Waals surface area contributed by atoms with E-state index in [0.29, 0.717) is 37.3 Å². The average Bonchev–Trinajstić information content (AvgIpc) is 2.37. The van der Waals surface area contributed by atoms with Crippen LogP contribution in [0.3, 0.4) is 0 Å². The van der Waals surface area contributed by atoms with Gasteiger partial charge in [-0.3, -0.25) is 10.0 Å². The Morgan fingerprint density at radius 1 is 1.39 bits per heavy atom. The van der Waals surface area contributed by atoms with Crippen molar-refractivity contribution in [2.24, 2.45) is 0 Å². The molecule has 0 atom stereocenters. The Kier molecular flexibility index (Phi) is 2.80. The predicted octanol–water partition coefficient (Wildman–Crippen LogP) is 1.89. The molecule has 2 N–H and O–H groups in total. The first-order chi connectivity index (χ1) is 8.62. The Morgan fingerprint density at radius 2 is 2.11 bits per heavy atom. The van der Waals surface area contributed by atoms with E-state index in [0.717, 1.165) is 4.47 Å². The van der Waals surface area contributed by atoms with E-state index in [1.54, 1.807) is 18.2 Å². The molecule has 0 radical (unpaired) electrons. The monoisotopic (exact) mass is 312 g/mol. The second-order valence-corrected chi connectivity index (χ2v) is 5.49. The Bertz CT molecular complexity index is 500. The van der Waals surface area contributed by atoms with Gasteiger partial charge in [-0.1, -0.05) is 15.9 Å². The molecule has 1 amide bonds. The van der Waals surface area contributed by atoms with E-state index in [1.165, 1.54) is 5.06 Å². The number of hydroxylamine groups is 1. The average molecular weight is 313 g/mol. The van der Waals surface area contributed by atoms with Gasteiger partial charge in [0.15, 0.2) is 0 Å². The first-order valence-electron chi connectivity index (χ1n) is 5.81. The Hall–Kier alpha value is -1.11. The van der Waals surface area contributed by atoms with Gasteiger partial charge in [-0.05, 0) is 18.2 Å². The van der Waals surface area contributed by atoms with Crippen LogP contribution >= 0.6 is 15.9 Å².